The second-order valence-electron chi connectivity index (χ2n) is 8.75. The van der Waals surface area contributed by atoms with Gasteiger partial charge in [-0.25, -0.2) is 19.3 Å². The van der Waals surface area contributed by atoms with Crippen LogP contribution in [0.25, 0.3) is 28.4 Å². The summed E-state index contributed by atoms with van der Waals surface area (Å²) in [6.07, 6.45) is 6.49. The Kier molecular flexibility index (Phi) is 5.54. The highest BCUT2D eigenvalue weighted by Gasteiger charge is 2.21. The fourth-order valence-corrected chi connectivity index (χ4v) is 4.74. The highest BCUT2D eigenvalue weighted by molar-refractivity contribution is 5.81. The molecule has 1 aliphatic heterocycles. The minimum atomic E-state index is -0.288. The predicted molar refractivity (Wildman–Crippen MR) is 129 cm³/mol. The van der Waals surface area contributed by atoms with Crippen molar-refractivity contribution in [3.05, 3.63) is 54.5 Å². The van der Waals surface area contributed by atoms with E-state index in [-0.39, 0.29) is 5.82 Å². The number of anilines is 2. The molecule has 0 bridgehead atoms. The first-order valence-corrected chi connectivity index (χ1v) is 11.8. The molecule has 1 aliphatic carbocycles. The first-order valence-electron chi connectivity index (χ1n) is 11.8. The monoisotopic (exact) mass is 459 g/mol. The van der Waals surface area contributed by atoms with E-state index in [4.69, 9.17) is 19.7 Å². The number of benzene rings is 1. The largest absolute Gasteiger partial charge is 0.378 e. The molecule has 4 heterocycles. The highest BCUT2D eigenvalue weighted by Crippen LogP contribution is 2.29. The predicted octanol–water partition coefficient (Wildman–Crippen LogP) is 4.21. The van der Waals surface area contributed by atoms with E-state index >= 15 is 0 Å². The molecular weight excluding hydrogens is 433 g/mol. The van der Waals surface area contributed by atoms with Crippen LogP contribution in [0.1, 0.15) is 25.7 Å². The van der Waals surface area contributed by atoms with Gasteiger partial charge in [0.25, 0.3) is 0 Å². The van der Waals surface area contributed by atoms with Gasteiger partial charge in [-0.3, -0.25) is 4.57 Å². The second kappa shape index (κ2) is 8.98. The molecular formula is C25H26FN7O. The maximum absolute atomic E-state index is 13.7. The van der Waals surface area contributed by atoms with Crippen molar-refractivity contribution in [2.24, 2.45) is 0 Å². The number of ether oxygens (including phenoxy) is 1. The van der Waals surface area contributed by atoms with Crippen LogP contribution in [0.4, 0.5) is 16.2 Å². The smallest absolute Gasteiger partial charge is 0.224 e. The first kappa shape index (κ1) is 21.0. The number of pyridine rings is 1. The van der Waals surface area contributed by atoms with Gasteiger partial charge in [0.05, 0.1) is 18.7 Å². The zero-order valence-corrected chi connectivity index (χ0v) is 18.8. The molecule has 0 amide bonds. The number of nitrogens with one attached hydrogen (secondary N) is 1. The number of hydrogen-bond donors (Lipinski definition) is 1. The molecule has 0 unspecified atom stereocenters. The molecule has 1 saturated carbocycles. The van der Waals surface area contributed by atoms with Crippen LogP contribution in [0.3, 0.4) is 0 Å². The molecule has 0 radical (unpaired) electrons. The van der Waals surface area contributed by atoms with Crippen LogP contribution >= 0.6 is 0 Å². The lowest BCUT2D eigenvalue weighted by Crippen LogP contribution is -2.36. The third-order valence-corrected chi connectivity index (χ3v) is 6.50. The van der Waals surface area contributed by atoms with Gasteiger partial charge in [-0.2, -0.15) is 4.98 Å². The van der Waals surface area contributed by atoms with E-state index < -0.39 is 0 Å². The third kappa shape index (κ3) is 4.07. The summed E-state index contributed by atoms with van der Waals surface area (Å²) in [5, 5.41) is 3.47. The molecule has 6 rings (SSSR count). The van der Waals surface area contributed by atoms with E-state index in [1.807, 2.05) is 22.8 Å². The molecule has 8 nitrogen and oxygen atoms in total. The van der Waals surface area contributed by atoms with Crippen molar-refractivity contribution in [2.45, 2.75) is 31.7 Å². The Morgan fingerprint density at radius 2 is 1.68 bits per heavy atom. The highest BCUT2D eigenvalue weighted by atomic mass is 19.1. The molecule has 1 saturated heterocycles. The summed E-state index contributed by atoms with van der Waals surface area (Å²) in [5.74, 6) is 2.54. The number of rotatable bonds is 5. The van der Waals surface area contributed by atoms with Crippen LogP contribution in [0, 0.1) is 5.82 Å². The van der Waals surface area contributed by atoms with Crippen LogP contribution in [-0.2, 0) is 4.74 Å². The van der Waals surface area contributed by atoms with Gasteiger partial charge in [-0.05, 0) is 55.3 Å². The number of nitrogens with zero attached hydrogens (tertiary/aromatic N) is 6. The molecule has 0 spiro atoms. The van der Waals surface area contributed by atoms with E-state index in [1.165, 1.54) is 25.0 Å². The molecule has 1 N–H and O–H groups in total. The molecule has 9 heteroatoms. The topological polar surface area (TPSA) is 81.0 Å². The Hall–Kier alpha value is -3.59. The van der Waals surface area contributed by atoms with Crippen molar-refractivity contribution in [1.29, 1.82) is 0 Å². The molecule has 2 aliphatic rings. The van der Waals surface area contributed by atoms with E-state index in [1.54, 1.807) is 18.3 Å². The second-order valence-corrected chi connectivity index (χ2v) is 8.75. The van der Waals surface area contributed by atoms with Gasteiger partial charge in [0.2, 0.25) is 5.95 Å². The van der Waals surface area contributed by atoms with Gasteiger partial charge in [0, 0.05) is 30.9 Å². The third-order valence-electron chi connectivity index (χ3n) is 6.50. The summed E-state index contributed by atoms with van der Waals surface area (Å²) in [4.78, 5) is 21.2. The van der Waals surface area contributed by atoms with Crippen LogP contribution in [-0.4, -0.2) is 56.8 Å². The number of halogens is 1. The average molecular weight is 460 g/mol. The lowest BCUT2D eigenvalue weighted by atomic mass is 10.2. The molecule has 0 atom stereocenters. The van der Waals surface area contributed by atoms with Crippen molar-refractivity contribution in [3.8, 4) is 17.2 Å². The van der Waals surface area contributed by atoms with E-state index in [0.29, 0.717) is 42.5 Å². The molecule has 2 fully saturated rings. The van der Waals surface area contributed by atoms with Crippen molar-refractivity contribution in [1.82, 2.24) is 24.5 Å². The fraction of sp³-hybridized carbons (Fsp3) is 0.360. The van der Waals surface area contributed by atoms with Crippen molar-refractivity contribution in [3.63, 3.8) is 0 Å². The lowest BCUT2D eigenvalue weighted by molar-refractivity contribution is 0.122. The summed E-state index contributed by atoms with van der Waals surface area (Å²) >= 11 is 0. The Bertz CT molecular complexity index is 1290. The van der Waals surface area contributed by atoms with Crippen molar-refractivity contribution >= 4 is 22.9 Å². The maximum Gasteiger partial charge on any atom is 0.224 e. The lowest BCUT2D eigenvalue weighted by Gasteiger charge is -2.27. The van der Waals surface area contributed by atoms with Gasteiger partial charge in [0.15, 0.2) is 5.65 Å². The van der Waals surface area contributed by atoms with Crippen LogP contribution in [0.2, 0.25) is 0 Å². The number of morpholine rings is 1. The Morgan fingerprint density at radius 1 is 0.882 bits per heavy atom. The van der Waals surface area contributed by atoms with Gasteiger partial charge in [-0.1, -0.05) is 12.8 Å². The van der Waals surface area contributed by atoms with E-state index in [0.717, 1.165) is 42.8 Å². The van der Waals surface area contributed by atoms with Crippen LogP contribution in [0.15, 0.2) is 48.7 Å². The van der Waals surface area contributed by atoms with Crippen LogP contribution < -0.4 is 10.2 Å². The Balaban J connectivity index is 1.45. The zero-order valence-electron chi connectivity index (χ0n) is 18.8. The minimum Gasteiger partial charge on any atom is -0.378 e. The van der Waals surface area contributed by atoms with Gasteiger partial charge >= 0.3 is 0 Å². The SMILES string of the molecule is Fc1ccc(-c2nc3nc(N4CCOCC4)ccc3n2-c2ccnc(NC3CCCC3)n2)cc1. The Morgan fingerprint density at radius 3 is 2.47 bits per heavy atom. The summed E-state index contributed by atoms with van der Waals surface area (Å²) in [6.45, 7) is 2.97. The van der Waals surface area contributed by atoms with Gasteiger partial charge < -0.3 is 15.0 Å². The fourth-order valence-electron chi connectivity index (χ4n) is 4.74. The van der Waals surface area contributed by atoms with Crippen molar-refractivity contribution < 1.29 is 9.13 Å². The minimum absolute atomic E-state index is 0.288. The normalized spacial score (nSPS) is 16.9. The van der Waals surface area contributed by atoms with Gasteiger partial charge in [0.1, 0.15) is 23.3 Å². The maximum atomic E-state index is 13.7. The first-order chi connectivity index (χ1) is 16.7. The zero-order chi connectivity index (χ0) is 22.9. The molecule has 4 aromatic rings. The van der Waals surface area contributed by atoms with Gasteiger partial charge in [-0.15, -0.1) is 0 Å². The molecule has 3 aromatic heterocycles. The summed E-state index contributed by atoms with van der Waals surface area (Å²) < 4.78 is 21.1. The van der Waals surface area contributed by atoms with Crippen LogP contribution in [0.5, 0.6) is 0 Å². The number of hydrogen-bond acceptors (Lipinski definition) is 7. The summed E-state index contributed by atoms with van der Waals surface area (Å²) in [7, 11) is 0. The molecule has 174 valence electrons. The number of fused-ring (bicyclic) bond motifs is 1. The quantitative estimate of drug-likeness (QED) is 0.479. The number of imidazole rings is 1. The molecule has 34 heavy (non-hydrogen) atoms. The number of aromatic nitrogens is 5. The van der Waals surface area contributed by atoms with E-state index in [2.05, 4.69) is 15.2 Å². The standard InChI is InChI=1S/C25H26FN7O/c26-18-7-5-17(6-8-18)24-31-23-20(9-10-21(29-23)32-13-15-34-16-14-32)33(24)22-11-12-27-25(30-22)28-19-3-1-2-4-19/h5-12,19H,1-4,13-16H2,(H,27,28,30). The average Bonchev–Trinajstić information content (AvgIpc) is 3.52. The summed E-state index contributed by atoms with van der Waals surface area (Å²) in [5.41, 5.74) is 2.24. The molecule has 1 aromatic carbocycles. The summed E-state index contributed by atoms with van der Waals surface area (Å²) in [6, 6.07) is 12.7. The van der Waals surface area contributed by atoms with Crippen molar-refractivity contribution in [2.75, 3.05) is 36.5 Å². The van der Waals surface area contributed by atoms with E-state index in [9.17, 15) is 4.39 Å². The Labute approximate surface area is 196 Å².